The number of aryl methyl sites for hydroxylation is 1. The summed E-state index contributed by atoms with van der Waals surface area (Å²) in [7, 11) is -4.01. The maximum atomic E-state index is 13.0. The monoisotopic (exact) mass is 604 g/mol. The summed E-state index contributed by atoms with van der Waals surface area (Å²) in [6.45, 7) is 1.88. The Bertz CT molecular complexity index is 1740. The fourth-order valence-corrected chi connectivity index (χ4v) is 6.92. The maximum Gasteiger partial charge on any atom is 0.339 e. The van der Waals surface area contributed by atoms with Crippen LogP contribution in [0.15, 0.2) is 79.3 Å². The molecule has 0 aliphatic heterocycles. The highest BCUT2D eigenvalue weighted by atomic mass is 79.9. The molecule has 0 saturated carbocycles. The molecule has 33 heavy (non-hydrogen) atoms. The van der Waals surface area contributed by atoms with Gasteiger partial charge >= 0.3 is 10.1 Å². The summed E-state index contributed by atoms with van der Waals surface area (Å²) in [5.74, 6) is 0.127. The van der Waals surface area contributed by atoms with E-state index < -0.39 is 10.1 Å². The molecule has 0 amide bonds. The highest BCUT2D eigenvalue weighted by Gasteiger charge is 2.20. The molecule has 5 aromatic rings. The molecule has 0 aliphatic carbocycles. The van der Waals surface area contributed by atoms with Crippen LogP contribution < -0.4 is 14.3 Å². The SMILES string of the molecule is Cc1ccc(S(=O)(=O)Oc2c(Br)cc(/C=c3/sc4nc5ccccc5n4c3=O)cc2Br)cc1. The number of rotatable bonds is 4. The van der Waals surface area contributed by atoms with Gasteiger partial charge in [0.05, 0.1) is 24.5 Å². The molecular formula is C23H14Br2N2O4S2. The van der Waals surface area contributed by atoms with Crippen molar-refractivity contribution in [2.45, 2.75) is 11.8 Å². The van der Waals surface area contributed by atoms with Crippen LogP contribution in [0.3, 0.4) is 0 Å². The molecule has 0 bridgehead atoms. The summed E-state index contributed by atoms with van der Waals surface area (Å²) in [5.41, 5.74) is 3.02. The van der Waals surface area contributed by atoms with E-state index in [4.69, 9.17) is 4.18 Å². The van der Waals surface area contributed by atoms with Crippen LogP contribution in [0.4, 0.5) is 0 Å². The first-order chi connectivity index (χ1) is 15.7. The highest BCUT2D eigenvalue weighted by molar-refractivity contribution is 9.11. The molecule has 0 spiro atoms. The van der Waals surface area contributed by atoms with Gasteiger partial charge in [-0.05, 0) is 86.8 Å². The Morgan fingerprint density at radius 2 is 1.70 bits per heavy atom. The second kappa shape index (κ2) is 8.35. The lowest BCUT2D eigenvalue weighted by molar-refractivity contribution is 0.483. The fourth-order valence-electron chi connectivity index (χ4n) is 3.37. The molecule has 5 rings (SSSR count). The fraction of sp³-hybridized carbons (Fsp3) is 0.0435. The summed E-state index contributed by atoms with van der Waals surface area (Å²) in [6, 6.07) is 17.3. The lowest BCUT2D eigenvalue weighted by Gasteiger charge is -2.11. The quantitative estimate of drug-likeness (QED) is 0.268. The van der Waals surface area contributed by atoms with Crippen LogP contribution in [0.25, 0.3) is 22.1 Å². The number of nitrogens with zero attached hydrogens (tertiary/aromatic N) is 2. The van der Waals surface area contributed by atoms with Gasteiger partial charge in [-0.15, -0.1) is 0 Å². The van der Waals surface area contributed by atoms with Gasteiger partial charge in [0, 0.05) is 0 Å². The zero-order chi connectivity index (χ0) is 23.3. The number of hydrogen-bond acceptors (Lipinski definition) is 6. The normalized spacial score (nSPS) is 12.6. The molecule has 0 aliphatic rings. The van der Waals surface area contributed by atoms with Gasteiger partial charge in [0.2, 0.25) is 0 Å². The number of para-hydroxylation sites is 2. The van der Waals surface area contributed by atoms with E-state index in [9.17, 15) is 13.2 Å². The summed E-state index contributed by atoms with van der Waals surface area (Å²) in [5, 5.41) is 0. The van der Waals surface area contributed by atoms with Crippen molar-refractivity contribution in [3.8, 4) is 5.75 Å². The molecular weight excluding hydrogens is 592 g/mol. The van der Waals surface area contributed by atoms with E-state index in [0.717, 1.165) is 16.6 Å². The van der Waals surface area contributed by atoms with Crippen molar-refractivity contribution in [1.82, 2.24) is 9.38 Å². The molecule has 2 heterocycles. The van der Waals surface area contributed by atoms with Gasteiger partial charge in [-0.2, -0.15) is 8.42 Å². The topological polar surface area (TPSA) is 77.7 Å². The number of aromatic nitrogens is 2. The molecule has 6 nitrogen and oxygen atoms in total. The number of thiazole rings is 1. The first-order valence-corrected chi connectivity index (χ1v) is 13.5. The minimum Gasteiger partial charge on any atom is -0.377 e. The Labute approximate surface area is 209 Å². The van der Waals surface area contributed by atoms with Gasteiger partial charge in [0.1, 0.15) is 4.90 Å². The Hall–Kier alpha value is -2.53. The van der Waals surface area contributed by atoms with Crippen LogP contribution in [-0.4, -0.2) is 17.8 Å². The van der Waals surface area contributed by atoms with Crippen molar-refractivity contribution in [2.75, 3.05) is 0 Å². The van der Waals surface area contributed by atoms with E-state index in [-0.39, 0.29) is 16.2 Å². The summed E-state index contributed by atoms with van der Waals surface area (Å²) in [6.07, 6.45) is 1.74. The van der Waals surface area contributed by atoms with Crippen molar-refractivity contribution in [2.24, 2.45) is 0 Å². The lowest BCUT2D eigenvalue weighted by atomic mass is 10.2. The standard InChI is InChI=1S/C23H14Br2N2O4S2/c1-13-6-8-15(9-7-13)33(29,30)31-21-16(24)10-14(11-17(21)25)12-20-22(28)27-19-5-3-2-4-18(19)26-23(27)32-20/h2-12H,1H3/b20-12+. The van der Waals surface area contributed by atoms with Crippen LogP contribution >= 0.6 is 43.2 Å². The van der Waals surface area contributed by atoms with Gasteiger partial charge in [-0.25, -0.2) is 9.38 Å². The molecule has 10 heteroatoms. The molecule has 2 aromatic heterocycles. The lowest BCUT2D eigenvalue weighted by Crippen LogP contribution is -2.22. The van der Waals surface area contributed by atoms with E-state index in [0.29, 0.717) is 24.0 Å². The van der Waals surface area contributed by atoms with E-state index in [1.54, 1.807) is 34.7 Å². The predicted molar refractivity (Wildman–Crippen MR) is 136 cm³/mol. The summed E-state index contributed by atoms with van der Waals surface area (Å²) >= 11 is 8.08. The van der Waals surface area contributed by atoms with Crippen molar-refractivity contribution in [3.63, 3.8) is 0 Å². The molecule has 3 aromatic carbocycles. The van der Waals surface area contributed by atoms with Crippen LogP contribution in [-0.2, 0) is 10.1 Å². The Kier molecular flexibility index (Phi) is 5.64. The Balaban J connectivity index is 1.54. The molecule has 0 fully saturated rings. The number of benzene rings is 3. The number of imidazole rings is 1. The number of halogens is 2. The average molecular weight is 606 g/mol. The van der Waals surface area contributed by atoms with Crippen LogP contribution in [0.5, 0.6) is 5.75 Å². The first kappa shape index (κ1) is 22.3. The Morgan fingerprint density at radius 3 is 2.39 bits per heavy atom. The molecule has 0 atom stereocenters. The van der Waals surface area contributed by atoms with Gasteiger partial charge in [0.15, 0.2) is 10.7 Å². The van der Waals surface area contributed by atoms with Crippen LogP contribution in [0.2, 0.25) is 0 Å². The van der Waals surface area contributed by atoms with Crippen LogP contribution in [0.1, 0.15) is 11.1 Å². The van der Waals surface area contributed by atoms with Crippen molar-refractivity contribution >= 4 is 75.4 Å². The predicted octanol–water partition coefficient (Wildman–Crippen LogP) is 5.06. The Morgan fingerprint density at radius 1 is 1.03 bits per heavy atom. The number of fused-ring (bicyclic) bond motifs is 3. The number of hydrogen-bond donors (Lipinski definition) is 0. The zero-order valence-electron chi connectivity index (χ0n) is 17.0. The van der Waals surface area contributed by atoms with E-state index in [2.05, 4.69) is 36.8 Å². The third-order valence-corrected chi connectivity index (χ3v) is 8.35. The summed E-state index contributed by atoms with van der Waals surface area (Å²) < 4.78 is 33.8. The molecule has 0 radical (unpaired) electrons. The second-order valence-electron chi connectivity index (χ2n) is 7.30. The molecule has 0 N–H and O–H groups in total. The maximum absolute atomic E-state index is 13.0. The van der Waals surface area contributed by atoms with Gasteiger partial charge in [-0.1, -0.05) is 41.2 Å². The molecule has 166 valence electrons. The van der Waals surface area contributed by atoms with Crippen molar-refractivity contribution < 1.29 is 12.6 Å². The van der Waals surface area contributed by atoms with Crippen LogP contribution in [0, 0.1) is 6.92 Å². The van der Waals surface area contributed by atoms with Crippen molar-refractivity contribution in [1.29, 1.82) is 0 Å². The summed E-state index contributed by atoms with van der Waals surface area (Å²) in [4.78, 5) is 18.2. The zero-order valence-corrected chi connectivity index (χ0v) is 21.8. The minimum atomic E-state index is -4.01. The molecule has 0 saturated heterocycles. The van der Waals surface area contributed by atoms with Gasteiger partial charge < -0.3 is 4.18 Å². The highest BCUT2D eigenvalue weighted by Crippen LogP contribution is 2.37. The largest absolute Gasteiger partial charge is 0.377 e. The van der Waals surface area contributed by atoms with Gasteiger partial charge in [0.25, 0.3) is 5.56 Å². The third-order valence-electron chi connectivity index (χ3n) is 4.97. The first-order valence-electron chi connectivity index (χ1n) is 9.65. The van der Waals surface area contributed by atoms with Gasteiger partial charge in [-0.3, -0.25) is 4.79 Å². The van der Waals surface area contributed by atoms with E-state index >= 15 is 0 Å². The third kappa shape index (κ3) is 4.12. The average Bonchev–Trinajstić information content (AvgIpc) is 3.27. The smallest absolute Gasteiger partial charge is 0.339 e. The van der Waals surface area contributed by atoms with E-state index in [1.807, 2.05) is 31.2 Å². The molecule has 0 unspecified atom stereocenters. The van der Waals surface area contributed by atoms with Crippen molar-refractivity contribution in [3.05, 3.63) is 95.6 Å². The van der Waals surface area contributed by atoms with E-state index in [1.165, 1.54) is 23.5 Å². The minimum absolute atomic E-state index is 0.0627. The second-order valence-corrected chi connectivity index (χ2v) is 11.6.